The SMILES string of the molecule is CCc1ccc(NC(=O)[C@@H](C)Sc2nc3ccccc3c(=O)n2C)cc1. The normalized spacial score (nSPS) is 12.1. The molecule has 1 atom stereocenters. The van der Waals surface area contributed by atoms with Gasteiger partial charge in [0.25, 0.3) is 5.56 Å². The Morgan fingerprint density at radius 1 is 1.19 bits per heavy atom. The number of thioether (sulfide) groups is 1. The maximum atomic E-state index is 12.5. The highest BCUT2D eigenvalue weighted by molar-refractivity contribution is 8.00. The molecule has 0 unspecified atom stereocenters. The Kier molecular flexibility index (Phi) is 5.42. The highest BCUT2D eigenvalue weighted by Gasteiger charge is 2.18. The summed E-state index contributed by atoms with van der Waals surface area (Å²) in [6.45, 7) is 3.90. The second kappa shape index (κ2) is 7.74. The first-order chi connectivity index (χ1) is 12.5. The molecule has 0 saturated carbocycles. The van der Waals surface area contributed by atoms with Gasteiger partial charge in [-0.3, -0.25) is 14.2 Å². The number of aryl methyl sites for hydroxylation is 1. The lowest BCUT2D eigenvalue weighted by Crippen LogP contribution is -2.25. The van der Waals surface area contributed by atoms with Crippen molar-refractivity contribution in [2.45, 2.75) is 30.7 Å². The van der Waals surface area contributed by atoms with E-state index in [1.807, 2.05) is 43.3 Å². The summed E-state index contributed by atoms with van der Waals surface area (Å²) >= 11 is 1.27. The number of anilines is 1. The van der Waals surface area contributed by atoms with E-state index in [0.717, 1.165) is 12.1 Å². The molecule has 1 amide bonds. The van der Waals surface area contributed by atoms with Gasteiger partial charge < -0.3 is 5.32 Å². The number of nitrogens with zero attached hydrogens (tertiary/aromatic N) is 2. The summed E-state index contributed by atoms with van der Waals surface area (Å²) in [7, 11) is 1.68. The predicted molar refractivity (Wildman–Crippen MR) is 107 cm³/mol. The van der Waals surface area contributed by atoms with Crippen LogP contribution in [0, 0.1) is 0 Å². The van der Waals surface area contributed by atoms with Crippen molar-refractivity contribution in [3.8, 4) is 0 Å². The average molecular weight is 367 g/mol. The molecule has 26 heavy (non-hydrogen) atoms. The number of carbonyl (C=O) groups is 1. The van der Waals surface area contributed by atoms with Crippen molar-refractivity contribution >= 4 is 34.3 Å². The number of carbonyl (C=O) groups excluding carboxylic acids is 1. The molecule has 6 heteroatoms. The van der Waals surface area contributed by atoms with Crippen molar-refractivity contribution in [2.75, 3.05) is 5.32 Å². The van der Waals surface area contributed by atoms with Crippen LogP contribution >= 0.6 is 11.8 Å². The minimum Gasteiger partial charge on any atom is -0.325 e. The fourth-order valence-electron chi connectivity index (χ4n) is 2.58. The van der Waals surface area contributed by atoms with Crippen LogP contribution in [0.3, 0.4) is 0 Å². The van der Waals surface area contributed by atoms with Crippen molar-refractivity contribution < 1.29 is 4.79 Å². The van der Waals surface area contributed by atoms with Crippen LogP contribution in [-0.4, -0.2) is 20.7 Å². The van der Waals surface area contributed by atoms with Crippen LogP contribution in [0.25, 0.3) is 10.9 Å². The highest BCUT2D eigenvalue weighted by atomic mass is 32.2. The van der Waals surface area contributed by atoms with Crippen LogP contribution in [0.1, 0.15) is 19.4 Å². The van der Waals surface area contributed by atoms with Crippen molar-refractivity contribution in [1.82, 2.24) is 9.55 Å². The molecule has 1 aromatic heterocycles. The van der Waals surface area contributed by atoms with Crippen molar-refractivity contribution in [3.05, 3.63) is 64.4 Å². The number of benzene rings is 2. The molecule has 0 fully saturated rings. The van der Waals surface area contributed by atoms with Crippen molar-refractivity contribution in [3.63, 3.8) is 0 Å². The zero-order chi connectivity index (χ0) is 18.7. The molecule has 0 radical (unpaired) electrons. The molecule has 1 heterocycles. The van der Waals surface area contributed by atoms with Crippen molar-refractivity contribution in [1.29, 1.82) is 0 Å². The van der Waals surface area contributed by atoms with Gasteiger partial charge in [-0.15, -0.1) is 0 Å². The molecule has 0 saturated heterocycles. The third-order valence-corrected chi connectivity index (χ3v) is 5.37. The van der Waals surface area contributed by atoms with E-state index in [4.69, 9.17) is 0 Å². The van der Waals surface area contributed by atoms with Crippen LogP contribution in [-0.2, 0) is 18.3 Å². The Bertz CT molecular complexity index is 996. The first-order valence-electron chi connectivity index (χ1n) is 8.52. The predicted octanol–water partition coefficient (Wildman–Crippen LogP) is 3.62. The van der Waals surface area contributed by atoms with Gasteiger partial charge in [0.05, 0.1) is 16.2 Å². The van der Waals surface area contributed by atoms with Gasteiger partial charge in [0.1, 0.15) is 0 Å². The minimum atomic E-state index is -0.389. The summed E-state index contributed by atoms with van der Waals surface area (Å²) in [5, 5.41) is 3.62. The van der Waals surface area contributed by atoms with Crippen LogP contribution in [0.15, 0.2) is 58.5 Å². The number of rotatable bonds is 5. The lowest BCUT2D eigenvalue weighted by atomic mass is 10.1. The first-order valence-corrected chi connectivity index (χ1v) is 9.39. The largest absolute Gasteiger partial charge is 0.325 e. The van der Waals surface area contributed by atoms with Gasteiger partial charge in [-0.1, -0.05) is 43.0 Å². The Morgan fingerprint density at radius 3 is 2.58 bits per heavy atom. The molecule has 0 spiro atoms. The number of aromatic nitrogens is 2. The molecule has 3 aromatic rings. The number of amides is 1. The minimum absolute atomic E-state index is 0.110. The molecular formula is C20H21N3O2S. The summed E-state index contributed by atoms with van der Waals surface area (Å²) in [6.07, 6.45) is 0.960. The summed E-state index contributed by atoms with van der Waals surface area (Å²) in [6, 6.07) is 15.0. The lowest BCUT2D eigenvalue weighted by Gasteiger charge is -2.14. The van der Waals surface area contributed by atoms with E-state index in [0.29, 0.717) is 16.1 Å². The Hall–Kier alpha value is -2.60. The molecule has 1 N–H and O–H groups in total. The summed E-state index contributed by atoms with van der Waals surface area (Å²) in [5.41, 5.74) is 2.52. The van der Waals surface area contributed by atoms with E-state index in [1.165, 1.54) is 21.9 Å². The Balaban J connectivity index is 1.77. The van der Waals surface area contributed by atoms with Gasteiger partial charge in [-0.05, 0) is 43.2 Å². The zero-order valence-corrected chi connectivity index (χ0v) is 15.8. The molecule has 0 aliphatic rings. The number of para-hydroxylation sites is 1. The van der Waals surface area contributed by atoms with Gasteiger partial charge in [0, 0.05) is 12.7 Å². The molecule has 0 aliphatic heterocycles. The first kappa shape index (κ1) is 18.2. The van der Waals surface area contributed by atoms with Gasteiger partial charge >= 0.3 is 0 Å². The zero-order valence-electron chi connectivity index (χ0n) is 15.0. The van der Waals surface area contributed by atoms with E-state index < -0.39 is 0 Å². The summed E-state index contributed by atoms with van der Waals surface area (Å²) < 4.78 is 1.49. The Morgan fingerprint density at radius 2 is 1.88 bits per heavy atom. The van der Waals surface area contributed by atoms with E-state index in [-0.39, 0.29) is 16.7 Å². The highest BCUT2D eigenvalue weighted by Crippen LogP contribution is 2.23. The van der Waals surface area contributed by atoms with Gasteiger partial charge in [-0.25, -0.2) is 4.98 Å². The maximum Gasteiger partial charge on any atom is 0.261 e. The standard InChI is InChI=1S/C20H21N3O2S/c1-4-14-9-11-15(12-10-14)21-18(24)13(2)26-20-22-17-8-6-5-7-16(17)19(25)23(20)3/h5-13H,4H2,1-3H3,(H,21,24)/t13-/m1/s1. The van der Waals surface area contributed by atoms with Gasteiger partial charge in [0.15, 0.2) is 5.16 Å². The summed E-state index contributed by atoms with van der Waals surface area (Å²) in [5.74, 6) is -0.123. The topological polar surface area (TPSA) is 64.0 Å². The second-order valence-electron chi connectivity index (χ2n) is 6.08. The molecule has 134 valence electrons. The van der Waals surface area contributed by atoms with E-state index in [2.05, 4.69) is 17.2 Å². The van der Waals surface area contributed by atoms with Crippen LogP contribution in [0.4, 0.5) is 5.69 Å². The molecule has 5 nitrogen and oxygen atoms in total. The molecule has 0 aliphatic carbocycles. The molecule has 3 rings (SSSR count). The fourth-order valence-corrected chi connectivity index (χ4v) is 3.46. The fraction of sp³-hybridized carbons (Fsp3) is 0.250. The average Bonchev–Trinajstić information content (AvgIpc) is 2.66. The quantitative estimate of drug-likeness (QED) is 0.553. The van der Waals surface area contributed by atoms with Crippen molar-refractivity contribution in [2.24, 2.45) is 7.05 Å². The molecule has 2 aromatic carbocycles. The maximum absolute atomic E-state index is 12.5. The molecule has 0 bridgehead atoms. The Labute approximate surface area is 156 Å². The lowest BCUT2D eigenvalue weighted by molar-refractivity contribution is -0.115. The number of fused-ring (bicyclic) bond motifs is 1. The van der Waals surface area contributed by atoms with Crippen LogP contribution < -0.4 is 10.9 Å². The van der Waals surface area contributed by atoms with E-state index in [9.17, 15) is 9.59 Å². The number of hydrogen-bond donors (Lipinski definition) is 1. The number of nitrogens with one attached hydrogen (secondary N) is 1. The monoisotopic (exact) mass is 367 g/mol. The van der Waals surface area contributed by atoms with Crippen LogP contribution in [0.5, 0.6) is 0 Å². The smallest absolute Gasteiger partial charge is 0.261 e. The summed E-state index contributed by atoms with van der Waals surface area (Å²) in [4.78, 5) is 29.5. The third-order valence-electron chi connectivity index (χ3n) is 4.22. The number of hydrogen-bond acceptors (Lipinski definition) is 4. The van der Waals surface area contributed by atoms with E-state index >= 15 is 0 Å². The van der Waals surface area contributed by atoms with E-state index in [1.54, 1.807) is 19.2 Å². The van der Waals surface area contributed by atoms with Gasteiger partial charge in [-0.2, -0.15) is 0 Å². The third kappa shape index (κ3) is 3.80. The van der Waals surface area contributed by atoms with Gasteiger partial charge in [0.2, 0.25) is 5.91 Å². The molecular weight excluding hydrogens is 346 g/mol. The van der Waals surface area contributed by atoms with Crippen LogP contribution in [0.2, 0.25) is 0 Å². The second-order valence-corrected chi connectivity index (χ2v) is 7.38.